The molecule has 1 aliphatic rings. The van der Waals surface area contributed by atoms with Crippen LogP contribution in [0.4, 0.5) is 5.69 Å². The molecule has 0 aliphatic carbocycles. The molecule has 0 saturated heterocycles. The number of rotatable bonds is 5. The van der Waals surface area contributed by atoms with Gasteiger partial charge in [0.2, 0.25) is 5.91 Å². The first-order valence-corrected chi connectivity index (χ1v) is 8.35. The van der Waals surface area contributed by atoms with Gasteiger partial charge in [-0.15, -0.1) is 0 Å². The number of aliphatic imine (C=N–C) groups is 1. The number of carbonyl (C=O) groups excluding carboxylic acids is 1. The number of nitrogens with zero attached hydrogens (tertiary/aromatic N) is 1. The van der Waals surface area contributed by atoms with E-state index in [1.165, 1.54) is 0 Å². The summed E-state index contributed by atoms with van der Waals surface area (Å²) >= 11 is 0. The highest BCUT2D eigenvalue weighted by Gasteiger charge is 2.29. The molecule has 0 spiro atoms. The van der Waals surface area contributed by atoms with E-state index in [2.05, 4.69) is 15.6 Å². The summed E-state index contributed by atoms with van der Waals surface area (Å²) in [4.78, 5) is 17.1. The molecule has 2 aromatic rings. The van der Waals surface area contributed by atoms with Crippen LogP contribution in [0.5, 0.6) is 5.75 Å². The second kappa shape index (κ2) is 6.97. The molecule has 0 bridgehead atoms. The van der Waals surface area contributed by atoms with Gasteiger partial charge in [0, 0.05) is 17.8 Å². The number of methoxy groups -OCH3 is 1. The molecule has 0 saturated carbocycles. The largest absolute Gasteiger partial charge is 0.497 e. The molecule has 0 aromatic heterocycles. The Morgan fingerprint density at radius 1 is 1.12 bits per heavy atom. The molecule has 3 rings (SSSR count). The molecule has 5 nitrogen and oxygen atoms in total. The first-order chi connectivity index (χ1) is 12.0. The highest BCUT2D eigenvalue weighted by atomic mass is 16.5. The molecule has 2 aromatic carbocycles. The lowest BCUT2D eigenvalue weighted by Gasteiger charge is -2.24. The number of anilines is 1. The van der Waals surface area contributed by atoms with Crippen LogP contribution in [0.2, 0.25) is 0 Å². The molecule has 0 unspecified atom stereocenters. The number of hydrogen-bond acceptors (Lipinski definition) is 4. The van der Waals surface area contributed by atoms with E-state index in [9.17, 15) is 4.79 Å². The number of ether oxygens (including phenoxy) is 1. The van der Waals surface area contributed by atoms with Crippen LogP contribution < -0.4 is 15.4 Å². The molecule has 0 radical (unpaired) electrons. The van der Waals surface area contributed by atoms with Crippen LogP contribution in [-0.2, 0) is 10.2 Å². The summed E-state index contributed by atoms with van der Waals surface area (Å²) in [5, 5.41) is 6.24. The summed E-state index contributed by atoms with van der Waals surface area (Å²) in [6.07, 6.45) is 0. The van der Waals surface area contributed by atoms with E-state index in [0.717, 1.165) is 41.5 Å². The fourth-order valence-electron chi connectivity index (χ4n) is 2.73. The van der Waals surface area contributed by atoms with Crippen molar-refractivity contribution in [2.24, 2.45) is 4.99 Å². The lowest BCUT2D eigenvalue weighted by Crippen LogP contribution is -2.34. The fourth-order valence-corrected chi connectivity index (χ4v) is 2.73. The minimum absolute atomic E-state index is 0.0539. The molecule has 1 aliphatic heterocycles. The predicted molar refractivity (Wildman–Crippen MR) is 100 cm³/mol. The maximum Gasteiger partial charge on any atom is 0.234 e. The molecule has 1 amide bonds. The summed E-state index contributed by atoms with van der Waals surface area (Å²) in [5.74, 6) is 1.64. The van der Waals surface area contributed by atoms with Gasteiger partial charge in [-0.05, 0) is 55.8 Å². The van der Waals surface area contributed by atoms with Crippen molar-refractivity contribution < 1.29 is 9.53 Å². The van der Waals surface area contributed by atoms with E-state index in [-0.39, 0.29) is 5.91 Å². The molecule has 5 heteroatoms. The van der Waals surface area contributed by atoms with E-state index in [0.29, 0.717) is 0 Å². The minimum atomic E-state index is -0.651. The Kier molecular flexibility index (Phi) is 4.74. The molecule has 1 heterocycles. The molecular formula is C20H23N3O2. The number of benzene rings is 2. The summed E-state index contributed by atoms with van der Waals surface area (Å²) in [7, 11) is 1.63. The average Bonchev–Trinajstić information content (AvgIpc) is 3.17. The molecule has 2 N–H and O–H groups in total. The van der Waals surface area contributed by atoms with Gasteiger partial charge in [0.1, 0.15) is 11.6 Å². The van der Waals surface area contributed by atoms with Gasteiger partial charge in [0.05, 0.1) is 19.1 Å². The zero-order valence-electron chi connectivity index (χ0n) is 14.8. The van der Waals surface area contributed by atoms with E-state index in [1.54, 1.807) is 7.11 Å². The third-order valence-corrected chi connectivity index (χ3v) is 4.47. The van der Waals surface area contributed by atoms with Crippen LogP contribution in [-0.4, -0.2) is 31.9 Å². The second-order valence-electron chi connectivity index (χ2n) is 6.54. The first-order valence-electron chi connectivity index (χ1n) is 8.35. The normalized spacial score (nSPS) is 13.8. The van der Waals surface area contributed by atoms with Crippen LogP contribution in [0.3, 0.4) is 0 Å². The van der Waals surface area contributed by atoms with Crippen molar-refractivity contribution in [3.63, 3.8) is 0 Å². The van der Waals surface area contributed by atoms with Crippen LogP contribution >= 0.6 is 0 Å². The van der Waals surface area contributed by atoms with Crippen LogP contribution in [0, 0.1) is 0 Å². The van der Waals surface area contributed by atoms with Gasteiger partial charge in [0.15, 0.2) is 0 Å². The maximum atomic E-state index is 12.8. The lowest BCUT2D eigenvalue weighted by molar-refractivity contribution is -0.120. The maximum absolute atomic E-state index is 12.8. The van der Waals surface area contributed by atoms with Gasteiger partial charge in [0.25, 0.3) is 0 Å². The fraction of sp³-hybridized carbons (Fsp3) is 0.300. The topological polar surface area (TPSA) is 62.7 Å². The molecule has 0 fully saturated rings. The van der Waals surface area contributed by atoms with Gasteiger partial charge in [-0.1, -0.05) is 12.1 Å². The van der Waals surface area contributed by atoms with Crippen molar-refractivity contribution in [2.45, 2.75) is 19.3 Å². The highest BCUT2D eigenvalue weighted by Crippen LogP contribution is 2.27. The third kappa shape index (κ3) is 3.65. The van der Waals surface area contributed by atoms with Crippen LogP contribution in [0.15, 0.2) is 53.5 Å². The quantitative estimate of drug-likeness (QED) is 0.882. The van der Waals surface area contributed by atoms with Crippen molar-refractivity contribution in [1.82, 2.24) is 5.32 Å². The standard InChI is InChI=1S/C20H23N3O2/c1-20(2,15-6-10-17(25-3)11-7-15)19(24)23-16-8-4-14(5-9-16)18-21-12-13-22-18/h4-11H,12-13H2,1-3H3,(H,21,22)(H,23,24). The van der Waals surface area contributed by atoms with Gasteiger partial charge < -0.3 is 15.4 Å². The van der Waals surface area contributed by atoms with Crippen molar-refractivity contribution in [3.8, 4) is 5.75 Å². The number of nitrogens with one attached hydrogen (secondary N) is 2. The summed E-state index contributed by atoms with van der Waals surface area (Å²) < 4.78 is 5.18. The summed E-state index contributed by atoms with van der Waals surface area (Å²) in [5.41, 5.74) is 2.09. The number of amidine groups is 1. The van der Waals surface area contributed by atoms with Crippen molar-refractivity contribution in [1.29, 1.82) is 0 Å². The summed E-state index contributed by atoms with van der Waals surface area (Å²) in [6.45, 7) is 5.51. The number of hydrogen-bond donors (Lipinski definition) is 2. The zero-order chi connectivity index (χ0) is 17.9. The smallest absolute Gasteiger partial charge is 0.234 e. The van der Waals surface area contributed by atoms with Crippen molar-refractivity contribution in [2.75, 3.05) is 25.5 Å². The molecule has 25 heavy (non-hydrogen) atoms. The third-order valence-electron chi connectivity index (χ3n) is 4.47. The molecule has 0 atom stereocenters. The predicted octanol–water partition coefficient (Wildman–Crippen LogP) is 2.96. The van der Waals surface area contributed by atoms with E-state index < -0.39 is 5.41 Å². The Bertz CT molecular complexity index is 778. The average molecular weight is 337 g/mol. The summed E-state index contributed by atoms with van der Waals surface area (Å²) in [6, 6.07) is 15.3. The molecular weight excluding hydrogens is 314 g/mol. The Morgan fingerprint density at radius 2 is 1.80 bits per heavy atom. The Labute approximate surface area is 148 Å². The number of carbonyl (C=O) groups is 1. The van der Waals surface area contributed by atoms with Gasteiger partial charge in [-0.25, -0.2) is 0 Å². The Hall–Kier alpha value is -2.82. The van der Waals surface area contributed by atoms with E-state index in [1.807, 2.05) is 62.4 Å². The lowest BCUT2D eigenvalue weighted by atomic mass is 9.83. The highest BCUT2D eigenvalue weighted by molar-refractivity contribution is 6.01. The Balaban J connectivity index is 1.71. The first kappa shape index (κ1) is 17.0. The monoisotopic (exact) mass is 337 g/mol. The van der Waals surface area contributed by atoms with Gasteiger partial charge in [-0.3, -0.25) is 9.79 Å². The van der Waals surface area contributed by atoms with Crippen molar-refractivity contribution >= 4 is 17.4 Å². The Morgan fingerprint density at radius 3 is 2.36 bits per heavy atom. The van der Waals surface area contributed by atoms with Crippen LogP contribution in [0.25, 0.3) is 0 Å². The molecule has 130 valence electrons. The van der Waals surface area contributed by atoms with Gasteiger partial charge in [-0.2, -0.15) is 0 Å². The van der Waals surface area contributed by atoms with Crippen LogP contribution in [0.1, 0.15) is 25.0 Å². The second-order valence-corrected chi connectivity index (χ2v) is 6.54. The van der Waals surface area contributed by atoms with E-state index >= 15 is 0 Å². The zero-order valence-corrected chi connectivity index (χ0v) is 14.8. The number of amides is 1. The minimum Gasteiger partial charge on any atom is -0.497 e. The van der Waals surface area contributed by atoms with E-state index in [4.69, 9.17) is 4.74 Å². The van der Waals surface area contributed by atoms with Crippen molar-refractivity contribution in [3.05, 3.63) is 59.7 Å². The van der Waals surface area contributed by atoms with Gasteiger partial charge >= 0.3 is 0 Å². The SMILES string of the molecule is COc1ccc(C(C)(C)C(=O)Nc2ccc(C3=NCCN3)cc2)cc1.